The van der Waals surface area contributed by atoms with E-state index < -0.39 is 0 Å². The van der Waals surface area contributed by atoms with E-state index in [1.165, 1.54) is 32.7 Å². The SMILES string of the molecule is CSc1scc2c1-c1nc(SCC(=O)N(C)C)ncc1CC2. The summed E-state index contributed by atoms with van der Waals surface area (Å²) in [6.45, 7) is 0. The molecule has 0 atom stereocenters. The van der Waals surface area contributed by atoms with Crippen molar-refractivity contribution >= 4 is 40.8 Å². The topological polar surface area (TPSA) is 46.1 Å². The molecule has 0 saturated carbocycles. The molecule has 1 amide bonds. The van der Waals surface area contributed by atoms with Gasteiger partial charge in [-0.2, -0.15) is 0 Å². The molecule has 0 saturated heterocycles. The number of carbonyl (C=O) groups excluding carboxylic acids is 1. The van der Waals surface area contributed by atoms with Crippen LogP contribution in [0.2, 0.25) is 0 Å². The quantitative estimate of drug-likeness (QED) is 0.625. The Hall–Kier alpha value is -1.05. The molecule has 1 aliphatic carbocycles. The van der Waals surface area contributed by atoms with Gasteiger partial charge in [-0.05, 0) is 35.6 Å². The standard InChI is InChI=1S/C15H17N3OS3/c1-18(2)11(19)8-22-15-16-6-9-4-5-10-7-21-14(20-3)12(10)13(9)17-15/h6-7H,4-5,8H2,1-3H3. The van der Waals surface area contributed by atoms with Crippen molar-refractivity contribution in [2.75, 3.05) is 26.1 Å². The molecule has 3 rings (SSSR count). The van der Waals surface area contributed by atoms with Crippen LogP contribution in [-0.4, -0.2) is 46.9 Å². The molecular formula is C15H17N3OS3. The first kappa shape index (κ1) is 15.8. The van der Waals surface area contributed by atoms with Gasteiger partial charge in [0.1, 0.15) is 0 Å². The van der Waals surface area contributed by atoms with Crippen LogP contribution in [-0.2, 0) is 17.6 Å². The Kier molecular flexibility index (Phi) is 4.75. The van der Waals surface area contributed by atoms with Crippen molar-refractivity contribution in [1.82, 2.24) is 14.9 Å². The lowest BCUT2D eigenvalue weighted by atomic mass is 9.93. The number of aryl methyl sites for hydroxylation is 2. The van der Waals surface area contributed by atoms with Crippen molar-refractivity contribution in [2.45, 2.75) is 22.2 Å². The van der Waals surface area contributed by atoms with Gasteiger partial charge in [0.25, 0.3) is 0 Å². The van der Waals surface area contributed by atoms with E-state index in [4.69, 9.17) is 4.98 Å². The van der Waals surface area contributed by atoms with E-state index in [1.54, 1.807) is 42.1 Å². The highest BCUT2D eigenvalue weighted by Gasteiger charge is 2.23. The predicted octanol–water partition coefficient (Wildman–Crippen LogP) is 3.21. The van der Waals surface area contributed by atoms with E-state index in [-0.39, 0.29) is 5.91 Å². The lowest BCUT2D eigenvalue weighted by Crippen LogP contribution is -2.23. The molecule has 0 aliphatic heterocycles. The Labute approximate surface area is 142 Å². The maximum absolute atomic E-state index is 11.7. The van der Waals surface area contributed by atoms with Crippen LogP contribution in [0.15, 0.2) is 20.9 Å². The van der Waals surface area contributed by atoms with Crippen molar-refractivity contribution in [3.05, 3.63) is 22.7 Å². The first-order chi connectivity index (χ1) is 10.6. The fourth-order valence-electron chi connectivity index (χ4n) is 2.34. The number of nitrogens with zero attached hydrogens (tertiary/aromatic N) is 3. The van der Waals surface area contributed by atoms with Crippen LogP contribution in [0.25, 0.3) is 11.3 Å². The van der Waals surface area contributed by atoms with E-state index in [0.717, 1.165) is 18.5 Å². The number of hydrogen-bond donors (Lipinski definition) is 0. The zero-order chi connectivity index (χ0) is 15.7. The van der Waals surface area contributed by atoms with Gasteiger partial charge in [-0.1, -0.05) is 11.8 Å². The molecule has 0 bridgehead atoms. The molecule has 0 spiro atoms. The summed E-state index contributed by atoms with van der Waals surface area (Å²) in [4.78, 5) is 22.5. The van der Waals surface area contributed by atoms with Crippen molar-refractivity contribution in [1.29, 1.82) is 0 Å². The lowest BCUT2D eigenvalue weighted by molar-refractivity contribution is -0.125. The number of thioether (sulfide) groups is 2. The molecule has 2 heterocycles. The first-order valence-corrected chi connectivity index (χ1v) is 10.0. The number of carbonyl (C=O) groups is 1. The first-order valence-electron chi connectivity index (χ1n) is 6.93. The average molecular weight is 352 g/mol. The summed E-state index contributed by atoms with van der Waals surface area (Å²) < 4.78 is 1.31. The molecule has 116 valence electrons. The smallest absolute Gasteiger partial charge is 0.232 e. The Morgan fingerprint density at radius 3 is 2.86 bits per heavy atom. The highest BCUT2D eigenvalue weighted by atomic mass is 32.2. The number of aromatic nitrogens is 2. The summed E-state index contributed by atoms with van der Waals surface area (Å²) in [6, 6.07) is 0. The van der Waals surface area contributed by atoms with Crippen LogP contribution >= 0.6 is 34.9 Å². The van der Waals surface area contributed by atoms with Gasteiger partial charge in [0, 0.05) is 25.9 Å². The zero-order valence-corrected chi connectivity index (χ0v) is 15.2. The van der Waals surface area contributed by atoms with E-state index in [9.17, 15) is 4.79 Å². The fraction of sp³-hybridized carbons (Fsp3) is 0.400. The second-order valence-electron chi connectivity index (χ2n) is 5.23. The monoisotopic (exact) mass is 351 g/mol. The van der Waals surface area contributed by atoms with E-state index in [0.29, 0.717) is 10.9 Å². The third kappa shape index (κ3) is 3.02. The number of thiophene rings is 1. The van der Waals surface area contributed by atoms with Crippen LogP contribution in [0, 0.1) is 0 Å². The van der Waals surface area contributed by atoms with Gasteiger partial charge in [-0.25, -0.2) is 9.97 Å². The second kappa shape index (κ2) is 6.60. The second-order valence-corrected chi connectivity index (χ2v) is 8.13. The van der Waals surface area contributed by atoms with Crippen molar-refractivity contribution in [3.63, 3.8) is 0 Å². The summed E-state index contributed by atoms with van der Waals surface area (Å²) in [5.41, 5.74) is 4.94. The molecule has 7 heteroatoms. The third-order valence-corrected chi connectivity index (χ3v) is 6.62. The van der Waals surface area contributed by atoms with Crippen LogP contribution in [0.5, 0.6) is 0 Å². The minimum atomic E-state index is 0.0762. The van der Waals surface area contributed by atoms with Crippen LogP contribution < -0.4 is 0 Å². The number of fused-ring (bicyclic) bond motifs is 3. The summed E-state index contributed by atoms with van der Waals surface area (Å²) in [5.74, 6) is 0.449. The number of hydrogen-bond acceptors (Lipinski definition) is 6. The Morgan fingerprint density at radius 2 is 2.14 bits per heavy atom. The predicted molar refractivity (Wildman–Crippen MR) is 94.0 cm³/mol. The van der Waals surface area contributed by atoms with Crippen LogP contribution in [0.4, 0.5) is 0 Å². The highest BCUT2D eigenvalue weighted by molar-refractivity contribution is 8.00. The summed E-state index contributed by atoms with van der Waals surface area (Å²) in [5, 5.41) is 2.93. The van der Waals surface area contributed by atoms with Gasteiger partial charge in [0.2, 0.25) is 5.91 Å². The maximum Gasteiger partial charge on any atom is 0.232 e. The summed E-state index contributed by atoms with van der Waals surface area (Å²) >= 11 is 4.97. The lowest BCUT2D eigenvalue weighted by Gasteiger charge is -2.17. The van der Waals surface area contributed by atoms with Gasteiger partial charge < -0.3 is 4.90 Å². The fourth-order valence-corrected chi connectivity index (χ4v) is 4.93. The van der Waals surface area contributed by atoms with Gasteiger partial charge in [-0.15, -0.1) is 23.1 Å². The molecule has 0 radical (unpaired) electrons. The average Bonchev–Trinajstić information content (AvgIpc) is 2.95. The Bertz CT molecular complexity index is 699. The number of amides is 1. The molecular weight excluding hydrogens is 334 g/mol. The maximum atomic E-state index is 11.7. The van der Waals surface area contributed by atoms with Crippen LogP contribution in [0.1, 0.15) is 11.1 Å². The molecule has 1 aliphatic rings. The minimum absolute atomic E-state index is 0.0762. The van der Waals surface area contributed by atoms with E-state index >= 15 is 0 Å². The van der Waals surface area contributed by atoms with Gasteiger partial charge in [0.15, 0.2) is 5.16 Å². The van der Waals surface area contributed by atoms with Gasteiger partial charge >= 0.3 is 0 Å². The van der Waals surface area contributed by atoms with Gasteiger partial charge in [-0.3, -0.25) is 4.79 Å². The molecule has 22 heavy (non-hydrogen) atoms. The Balaban J connectivity index is 1.90. The molecule has 2 aromatic rings. The molecule has 0 unspecified atom stereocenters. The van der Waals surface area contributed by atoms with E-state index in [2.05, 4.69) is 16.6 Å². The normalized spacial score (nSPS) is 12.7. The number of rotatable bonds is 4. The van der Waals surface area contributed by atoms with Crippen LogP contribution in [0.3, 0.4) is 0 Å². The zero-order valence-electron chi connectivity index (χ0n) is 12.8. The van der Waals surface area contributed by atoms with E-state index in [1.807, 2.05) is 6.20 Å². The molecule has 0 fully saturated rings. The molecule has 2 aromatic heterocycles. The molecule has 4 nitrogen and oxygen atoms in total. The summed E-state index contributed by atoms with van der Waals surface area (Å²) in [6.07, 6.45) is 6.09. The largest absolute Gasteiger partial charge is 0.348 e. The van der Waals surface area contributed by atoms with Crippen molar-refractivity contribution in [2.24, 2.45) is 0 Å². The Morgan fingerprint density at radius 1 is 1.36 bits per heavy atom. The van der Waals surface area contributed by atoms with Crippen molar-refractivity contribution in [3.8, 4) is 11.3 Å². The van der Waals surface area contributed by atoms with Crippen molar-refractivity contribution < 1.29 is 4.79 Å². The highest BCUT2D eigenvalue weighted by Crippen LogP contribution is 2.42. The molecule has 0 aromatic carbocycles. The minimum Gasteiger partial charge on any atom is -0.348 e. The van der Waals surface area contributed by atoms with Gasteiger partial charge in [0.05, 0.1) is 15.7 Å². The third-order valence-electron chi connectivity index (χ3n) is 3.59. The molecule has 0 N–H and O–H groups in total. The summed E-state index contributed by atoms with van der Waals surface area (Å²) in [7, 11) is 3.53.